The van der Waals surface area contributed by atoms with Gasteiger partial charge in [-0.1, -0.05) is 83.7 Å². The molecule has 0 saturated carbocycles. The topological polar surface area (TPSA) is 51.8 Å². The summed E-state index contributed by atoms with van der Waals surface area (Å²) in [5, 5.41) is 2.15. The van der Waals surface area contributed by atoms with E-state index < -0.39 is 0 Å². The van der Waals surface area contributed by atoms with Gasteiger partial charge in [0.1, 0.15) is 11.2 Å². The van der Waals surface area contributed by atoms with Crippen LogP contribution in [0.5, 0.6) is 0 Å². The van der Waals surface area contributed by atoms with Crippen molar-refractivity contribution in [3.8, 4) is 22.8 Å². The van der Waals surface area contributed by atoms with Gasteiger partial charge in [0.15, 0.2) is 17.5 Å². The third kappa shape index (κ3) is 3.67. The standard InChI is InChI=1S/C27H18BrN3O/c1-3-8-17(4-2)25-29-26(18-9-7-10-20(28)15-18)31-27(30-25)19-13-14-22-21-11-5-6-12-23(21)32-24(22)16-19/h3-16H,1-2H2/b17-8+. The Bertz CT molecular complexity index is 1530. The number of aromatic nitrogens is 3. The Hall–Kier alpha value is -3.83. The van der Waals surface area contributed by atoms with E-state index in [9.17, 15) is 0 Å². The van der Waals surface area contributed by atoms with Crippen molar-refractivity contribution in [2.45, 2.75) is 0 Å². The molecule has 0 spiro atoms. The second kappa shape index (κ2) is 8.36. The van der Waals surface area contributed by atoms with Gasteiger partial charge >= 0.3 is 0 Å². The van der Waals surface area contributed by atoms with E-state index in [0.717, 1.165) is 43.1 Å². The van der Waals surface area contributed by atoms with Gasteiger partial charge in [0.25, 0.3) is 0 Å². The summed E-state index contributed by atoms with van der Waals surface area (Å²) < 4.78 is 7.02. The molecule has 0 bridgehead atoms. The van der Waals surface area contributed by atoms with E-state index in [4.69, 9.17) is 19.4 Å². The average molecular weight is 480 g/mol. The van der Waals surface area contributed by atoms with Crippen LogP contribution in [0.2, 0.25) is 0 Å². The van der Waals surface area contributed by atoms with Gasteiger partial charge in [-0.15, -0.1) is 0 Å². The van der Waals surface area contributed by atoms with Crippen LogP contribution in [0, 0.1) is 0 Å². The Morgan fingerprint density at radius 2 is 1.53 bits per heavy atom. The fourth-order valence-corrected chi connectivity index (χ4v) is 4.02. The van der Waals surface area contributed by atoms with Crippen molar-refractivity contribution >= 4 is 43.4 Å². The normalized spacial score (nSPS) is 11.7. The lowest BCUT2D eigenvalue weighted by molar-refractivity contribution is 0.669. The van der Waals surface area contributed by atoms with Crippen molar-refractivity contribution in [2.24, 2.45) is 0 Å². The lowest BCUT2D eigenvalue weighted by Crippen LogP contribution is -2.02. The molecule has 154 valence electrons. The highest BCUT2D eigenvalue weighted by atomic mass is 79.9. The molecule has 0 radical (unpaired) electrons. The molecule has 2 heterocycles. The van der Waals surface area contributed by atoms with Gasteiger partial charge in [0.05, 0.1) is 0 Å². The van der Waals surface area contributed by atoms with Crippen molar-refractivity contribution < 1.29 is 4.42 Å². The van der Waals surface area contributed by atoms with Crippen LogP contribution in [-0.2, 0) is 0 Å². The Kier molecular flexibility index (Phi) is 5.25. The molecule has 0 atom stereocenters. The second-order valence-corrected chi connectivity index (χ2v) is 8.10. The molecule has 0 fully saturated rings. The number of fused-ring (bicyclic) bond motifs is 3. The zero-order chi connectivity index (χ0) is 22.1. The molecule has 0 amide bonds. The quantitative estimate of drug-likeness (QED) is 0.243. The Labute approximate surface area is 193 Å². The molecule has 3 aromatic carbocycles. The summed E-state index contributed by atoms with van der Waals surface area (Å²) in [4.78, 5) is 14.2. The van der Waals surface area contributed by atoms with Gasteiger partial charge in [-0.25, -0.2) is 15.0 Å². The first-order valence-electron chi connectivity index (χ1n) is 10.1. The molecule has 0 saturated heterocycles. The lowest BCUT2D eigenvalue weighted by Gasteiger charge is -2.09. The predicted molar refractivity (Wildman–Crippen MR) is 134 cm³/mol. The van der Waals surface area contributed by atoms with E-state index in [1.54, 1.807) is 12.2 Å². The second-order valence-electron chi connectivity index (χ2n) is 7.19. The van der Waals surface area contributed by atoms with Crippen molar-refractivity contribution in [1.82, 2.24) is 15.0 Å². The number of benzene rings is 3. The number of halogens is 1. The molecular weight excluding hydrogens is 462 g/mol. The first kappa shape index (κ1) is 20.1. The molecule has 2 aromatic heterocycles. The van der Waals surface area contributed by atoms with E-state index in [0.29, 0.717) is 17.5 Å². The van der Waals surface area contributed by atoms with Crippen LogP contribution >= 0.6 is 15.9 Å². The first-order valence-corrected chi connectivity index (χ1v) is 10.8. The highest BCUT2D eigenvalue weighted by molar-refractivity contribution is 9.10. The number of hydrogen-bond donors (Lipinski definition) is 0. The monoisotopic (exact) mass is 479 g/mol. The zero-order valence-corrected chi connectivity index (χ0v) is 18.7. The molecule has 0 aliphatic heterocycles. The average Bonchev–Trinajstić information content (AvgIpc) is 3.20. The van der Waals surface area contributed by atoms with E-state index in [1.807, 2.05) is 66.7 Å². The van der Waals surface area contributed by atoms with Gasteiger partial charge in [0, 0.05) is 31.9 Å². The van der Waals surface area contributed by atoms with Gasteiger partial charge in [-0.05, 0) is 30.3 Å². The number of rotatable bonds is 5. The molecule has 5 aromatic rings. The van der Waals surface area contributed by atoms with Crippen molar-refractivity contribution in [1.29, 1.82) is 0 Å². The van der Waals surface area contributed by atoms with E-state index in [2.05, 4.69) is 35.2 Å². The molecule has 5 rings (SSSR count). The van der Waals surface area contributed by atoms with Crippen molar-refractivity contribution in [3.63, 3.8) is 0 Å². The van der Waals surface area contributed by atoms with Crippen LogP contribution in [0.25, 0.3) is 50.3 Å². The summed E-state index contributed by atoms with van der Waals surface area (Å²) >= 11 is 3.53. The minimum atomic E-state index is 0.532. The summed E-state index contributed by atoms with van der Waals surface area (Å²) in [5.74, 6) is 1.67. The summed E-state index contributed by atoms with van der Waals surface area (Å²) in [6.45, 7) is 7.69. The van der Waals surface area contributed by atoms with E-state index >= 15 is 0 Å². The van der Waals surface area contributed by atoms with Crippen LogP contribution in [0.3, 0.4) is 0 Å². The SMILES string of the molecule is C=C/C=C(\C=C)c1nc(-c2cccc(Br)c2)nc(-c2ccc3c(c2)oc2ccccc23)n1. The molecule has 0 N–H and O–H groups in total. The molecule has 0 unspecified atom stereocenters. The highest BCUT2D eigenvalue weighted by Gasteiger charge is 2.14. The summed E-state index contributed by atoms with van der Waals surface area (Å²) in [7, 11) is 0. The fourth-order valence-electron chi connectivity index (χ4n) is 3.62. The predicted octanol–water partition coefficient (Wildman–Crippen LogP) is 7.62. The maximum atomic E-state index is 6.06. The van der Waals surface area contributed by atoms with Gasteiger partial charge in [0.2, 0.25) is 0 Å². The zero-order valence-electron chi connectivity index (χ0n) is 17.1. The molecular formula is C27H18BrN3O. The number of nitrogens with zero attached hydrogens (tertiary/aromatic N) is 3. The van der Waals surface area contributed by atoms with Gasteiger partial charge in [-0.3, -0.25) is 0 Å². The summed E-state index contributed by atoms with van der Waals surface area (Å²) in [5.41, 5.74) is 4.15. The Morgan fingerprint density at radius 1 is 0.781 bits per heavy atom. The number of allylic oxidation sites excluding steroid dienone is 4. The maximum absolute atomic E-state index is 6.06. The molecule has 0 aliphatic rings. The number of para-hydroxylation sites is 1. The molecule has 5 heteroatoms. The number of hydrogen-bond acceptors (Lipinski definition) is 4. The minimum absolute atomic E-state index is 0.532. The maximum Gasteiger partial charge on any atom is 0.164 e. The third-order valence-corrected chi connectivity index (χ3v) is 5.62. The highest BCUT2D eigenvalue weighted by Crippen LogP contribution is 2.32. The summed E-state index contributed by atoms with van der Waals surface area (Å²) in [6, 6.07) is 21.9. The van der Waals surface area contributed by atoms with Crippen LogP contribution in [0.15, 0.2) is 107 Å². The van der Waals surface area contributed by atoms with Gasteiger partial charge in [-0.2, -0.15) is 0 Å². The van der Waals surface area contributed by atoms with Crippen LogP contribution in [-0.4, -0.2) is 15.0 Å². The van der Waals surface area contributed by atoms with Crippen molar-refractivity contribution in [2.75, 3.05) is 0 Å². The lowest BCUT2D eigenvalue weighted by atomic mass is 10.1. The van der Waals surface area contributed by atoms with E-state index in [-0.39, 0.29) is 0 Å². The van der Waals surface area contributed by atoms with Crippen LogP contribution in [0.4, 0.5) is 0 Å². The molecule has 32 heavy (non-hydrogen) atoms. The Balaban J connectivity index is 1.72. The summed E-state index contributed by atoms with van der Waals surface area (Å²) in [6.07, 6.45) is 5.24. The smallest absolute Gasteiger partial charge is 0.164 e. The van der Waals surface area contributed by atoms with E-state index in [1.165, 1.54) is 0 Å². The Morgan fingerprint density at radius 3 is 2.28 bits per heavy atom. The molecule has 4 nitrogen and oxygen atoms in total. The van der Waals surface area contributed by atoms with Gasteiger partial charge < -0.3 is 4.42 Å². The minimum Gasteiger partial charge on any atom is -0.456 e. The fraction of sp³-hybridized carbons (Fsp3) is 0. The van der Waals surface area contributed by atoms with Crippen LogP contribution in [0.1, 0.15) is 5.82 Å². The number of furan rings is 1. The van der Waals surface area contributed by atoms with Crippen molar-refractivity contribution in [3.05, 3.63) is 108 Å². The largest absolute Gasteiger partial charge is 0.456 e. The van der Waals surface area contributed by atoms with Crippen LogP contribution < -0.4 is 0 Å². The molecule has 0 aliphatic carbocycles. The first-order chi connectivity index (χ1) is 15.7. The third-order valence-electron chi connectivity index (χ3n) is 5.13.